The van der Waals surface area contributed by atoms with Gasteiger partial charge < -0.3 is 10.2 Å². The summed E-state index contributed by atoms with van der Waals surface area (Å²) in [6, 6.07) is 10.8. The molecule has 0 spiro atoms. The van der Waals surface area contributed by atoms with Gasteiger partial charge in [0.2, 0.25) is 0 Å². The van der Waals surface area contributed by atoms with E-state index in [-0.39, 0.29) is 11.3 Å². The summed E-state index contributed by atoms with van der Waals surface area (Å²) in [7, 11) is 0. The Morgan fingerprint density at radius 3 is 2.05 bits per heavy atom. The molecule has 2 aromatic carbocycles. The molecule has 0 saturated heterocycles. The van der Waals surface area contributed by atoms with Crippen LogP contribution in [-0.2, 0) is 4.79 Å². The molecule has 5 heteroatoms. The highest BCUT2D eigenvalue weighted by Crippen LogP contribution is 2.29. The summed E-state index contributed by atoms with van der Waals surface area (Å²) >= 11 is 12.1. The average molecular weight is 309 g/mol. The van der Waals surface area contributed by atoms with Gasteiger partial charge in [-0.2, -0.15) is 0 Å². The second-order valence-electron chi connectivity index (χ2n) is 4.05. The average Bonchev–Trinajstić information content (AvgIpc) is 2.39. The lowest BCUT2D eigenvalue weighted by Crippen LogP contribution is -1.99. The lowest BCUT2D eigenvalue weighted by molar-refractivity contribution is -0.130. The largest absolute Gasteiger partial charge is 0.508 e. The van der Waals surface area contributed by atoms with Crippen molar-refractivity contribution >= 4 is 40.8 Å². The zero-order valence-corrected chi connectivity index (χ0v) is 11.7. The normalized spacial score (nSPS) is 11.4. The van der Waals surface area contributed by atoms with Gasteiger partial charge in [0.05, 0.1) is 5.57 Å². The van der Waals surface area contributed by atoms with E-state index in [1.54, 1.807) is 18.2 Å². The zero-order valence-electron chi connectivity index (χ0n) is 10.2. The molecule has 0 aromatic heterocycles. The van der Waals surface area contributed by atoms with Gasteiger partial charge in [-0.05, 0) is 35.9 Å². The number of phenolic OH excluding ortho intramolecular Hbond substituents is 1. The Balaban J connectivity index is 2.56. The highest BCUT2D eigenvalue weighted by Gasteiger charge is 2.13. The summed E-state index contributed by atoms with van der Waals surface area (Å²) in [6.07, 6.45) is 1.42. The summed E-state index contributed by atoms with van der Waals surface area (Å²) in [5.74, 6) is -1.04. The number of benzene rings is 2. The number of aromatic hydroxyl groups is 1. The molecule has 0 aliphatic carbocycles. The van der Waals surface area contributed by atoms with E-state index in [9.17, 15) is 15.0 Å². The third-order valence-electron chi connectivity index (χ3n) is 2.70. The van der Waals surface area contributed by atoms with Crippen LogP contribution in [0.4, 0.5) is 0 Å². The Bertz CT molecular complexity index is 656. The smallest absolute Gasteiger partial charge is 0.336 e. The van der Waals surface area contributed by atoms with E-state index < -0.39 is 5.97 Å². The molecule has 2 rings (SSSR count). The number of rotatable bonds is 3. The van der Waals surface area contributed by atoms with Crippen molar-refractivity contribution in [2.24, 2.45) is 0 Å². The van der Waals surface area contributed by atoms with Crippen molar-refractivity contribution in [1.82, 2.24) is 0 Å². The predicted octanol–water partition coefficient (Wildman–Crippen LogP) is 4.32. The molecule has 2 aromatic rings. The van der Waals surface area contributed by atoms with Gasteiger partial charge in [-0.25, -0.2) is 4.79 Å². The highest BCUT2D eigenvalue weighted by molar-refractivity contribution is 6.38. The van der Waals surface area contributed by atoms with Crippen LogP contribution in [0.3, 0.4) is 0 Å². The minimum Gasteiger partial charge on any atom is -0.508 e. The van der Waals surface area contributed by atoms with Gasteiger partial charge in [0.25, 0.3) is 0 Å². The quantitative estimate of drug-likeness (QED) is 0.655. The fraction of sp³-hybridized carbons (Fsp3) is 0. The minimum absolute atomic E-state index is 0.0417. The predicted molar refractivity (Wildman–Crippen MR) is 80.1 cm³/mol. The van der Waals surface area contributed by atoms with E-state index >= 15 is 0 Å². The maximum absolute atomic E-state index is 11.4. The van der Waals surface area contributed by atoms with Gasteiger partial charge in [0, 0.05) is 15.6 Å². The van der Waals surface area contributed by atoms with Crippen LogP contribution in [0.5, 0.6) is 5.75 Å². The van der Waals surface area contributed by atoms with Gasteiger partial charge in [-0.15, -0.1) is 0 Å². The lowest BCUT2D eigenvalue weighted by Gasteiger charge is -2.06. The third kappa shape index (κ3) is 3.13. The van der Waals surface area contributed by atoms with Crippen molar-refractivity contribution in [2.75, 3.05) is 0 Å². The Labute approximate surface area is 125 Å². The van der Waals surface area contributed by atoms with E-state index in [0.717, 1.165) is 0 Å². The first-order valence-corrected chi connectivity index (χ1v) is 6.43. The van der Waals surface area contributed by atoms with Crippen LogP contribution in [-0.4, -0.2) is 16.2 Å². The van der Waals surface area contributed by atoms with Gasteiger partial charge in [0.15, 0.2) is 0 Å². The summed E-state index contributed by atoms with van der Waals surface area (Å²) in [6.45, 7) is 0. The maximum atomic E-state index is 11.4. The number of phenols is 1. The Morgan fingerprint density at radius 1 is 1.00 bits per heavy atom. The molecule has 0 amide bonds. The van der Waals surface area contributed by atoms with Gasteiger partial charge in [-0.1, -0.05) is 41.4 Å². The zero-order chi connectivity index (χ0) is 14.7. The summed E-state index contributed by atoms with van der Waals surface area (Å²) in [5, 5.41) is 19.3. The molecular formula is C15H10Cl2O3. The fourth-order valence-corrected chi connectivity index (χ4v) is 2.21. The van der Waals surface area contributed by atoms with E-state index in [1.807, 2.05) is 0 Å². The van der Waals surface area contributed by atoms with Crippen LogP contribution in [0.1, 0.15) is 11.1 Å². The molecule has 20 heavy (non-hydrogen) atoms. The van der Waals surface area contributed by atoms with Crippen molar-refractivity contribution in [3.63, 3.8) is 0 Å². The molecule has 0 aliphatic heterocycles. The first kappa shape index (κ1) is 14.4. The molecular weight excluding hydrogens is 299 g/mol. The number of aliphatic carboxylic acids is 1. The molecule has 0 heterocycles. The first-order valence-electron chi connectivity index (χ1n) is 5.67. The topological polar surface area (TPSA) is 57.5 Å². The second kappa shape index (κ2) is 5.99. The van der Waals surface area contributed by atoms with Gasteiger partial charge in [-0.3, -0.25) is 0 Å². The standard InChI is InChI=1S/C15H10Cl2O3/c16-13-2-1-3-14(17)12(13)8-11(15(19)20)9-4-6-10(18)7-5-9/h1-8,18H,(H,19,20)/b11-8-. The van der Waals surface area contributed by atoms with Crippen molar-refractivity contribution in [1.29, 1.82) is 0 Å². The molecule has 0 atom stereocenters. The highest BCUT2D eigenvalue weighted by atomic mass is 35.5. The number of carboxylic acid groups (broad SMARTS) is 1. The SMILES string of the molecule is O=C(O)/C(=C\c1c(Cl)cccc1Cl)c1ccc(O)cc1. The van der Waals surface area contributed by atoms with Crippen molar-refractivity contribution in [3.05, 3.63) is 63.6 Å². The number of halogens is 2. The van der Waals surface area contributed by atoms with Crippen molar-refractivity contribution in [2.45, 2.75) is 0 Å². The lowest BCUT2D eigenvalue weighted by atomic mass is 10.0. The molecule has 3 nitrogen and oxygen atoms in total. The summed E-state index contributed by atoms with van der Waals surface area (Å²) in [5.41, 5.74) is 0.938. The van der Waals surface area contributed by atoms with E-state index in [2.05, 4.69) is 0 Å². The van der Waals surface area contributed by atoms with Crippen molar-refractivity contribution in [3.8, 4) is 5.75 Å². The molecule has 0 radical (unpaired) electrons. The molecule has 0 bridgehead atoms. The first-order chi connectivity index (χ1) is 9.49. The monoisotopic (exact) mass is 308 g/mol. The molecule has 0 unspecified atom stereocenters. The van der Waals surface area contributed by atoms with E-state index in [0.29, 0.717) is 21.2 Å². The van der Waals surface area contributed by atoms with Crippen molar-refractivity contribution < 1.29 is 15.0 Å². The van der Waals surface area contributed by atoms with Crippen LogP contribution in [0.2, 0.25) is 10.0 Å². The Kier molecular flexibility index (Phi) is 4.32. The summed E-state index contributed by atoms with van der Waals surface area (Å²) in [4.78, 5) is 11.4. The minimum atomic E-state index is -1.10. The van der Waals surface area contributed by atoms with E-state index in [1.165, 1.54) is 30.3 Å². The molecule has 0 saturated carbocycles. The number of carbonyl (C=O) groups is 1. The second-order valence-corrected chi connectivity index (χ2v) is 4.86. The molecule has 0 aliphatic rings. The maximum Gasteiger partial charge on any atom is 0.336 e. The Morgan fingerprint density at radius 2 is 1.55 bits per heavy atom. The van der Waals surface area contributed by atoms with Crippen LogP contribution in [0.15, 0.2) is 42.5 Å². The number of carboxylic acids is 1. The third-order valence-corrected chi connectivity index (χ3v) is 3.36. The molecule has 102 valence electrons. The van der Waals surface area contributed by atoms with Crippen LogP contribution in [0.25, 0.3) is 11.6 Å². The van der Waals surface area contributed by atoms with Gasteiger partial charge in [0.1, 0.15) is 5.75 Å². The van der Waals surface area contributed by atoms with E-state index in [4.69, 9.17) is 23.2 Å². The molecule has 0 fully saturated rings. The van der Waals surface area contributed by atoms with Crippen LogP contribution >= 0.6 is 23.2 Å². The van der Waals surface area contributed by atoms with Crippen LogP contribution in [0, 0.1) is 0 Å². The summed E-state index contributed by atoms with van der Waals surface area (Å²) < 4.78 is 0. The molecule has 2 N–H and O–H groups in total. The Hall–Kier alpha value is -1.97. The fourth-order valence-electron chi connectivity index (χ4n) is 1.70. The van der Waals surface area contributed by atoms with Crippen LogP contribution < -0.4 is 0 Å². The number of hydrogen-bond acceptors (Lipinski definition) is 2. The number of hydrogen-bond donors (Lipinski definition) is 2. The van der Waals surface area contributed by atoms with Gasteiger partial charge >= 0.3 is 5.97 Å².